The topological polar surface area (TPSA) is 69.6 Å². The molecule has 1 unspecified atom stereocenters. The molecule has 0 bridgehead atoms. The van der Waals surface area contributed by atoms with Gasteiger partial charge in [-0.05, 0) is 53.8 Å². The first-order chi connectivity index (χ1) is 9.49. The molecule has 0 aliphatic rings. The van der Waals surface area contributed by atoms with Gasteiger partial charge in [0.05, 0.1) is 9.67 Å². The van der Waals surface area contributed by atoms with E-state index in [1.54, 1.807) is 43.3 Å². The van der Waals surface area contributed by atoms with E-state index in [2.05, 4.69) is 5.32 Å². The number of carbonyl (C=O) groups excluding carboxylic acids is 1. The highest BCUT2D eigenvalue weighted by molar-refractivity contribution is 14.1. The van der Waals surface area contributed by atoms with Crippen molar-refractivity contribution in [2.45, 2.75) is 13.0 Å². The molecule has 4 nitrogen and oxygen atoms in total. The van der Waals surface area contributed by atoms with Crippen LogP contribution in [-0.4, -0.2) is 16.1 Å². The predicted molar refractivity (Wildman–Crippen MR) is 85.9 cm³/mol. The molecule has 104 valence electrons. The average Bonchev–Trinajstić information content (AvgIpc) is 2.42. The van der Waals surface area contributed by atoms with Gasteiger partial charge >= 0.3 is 0 Å². The smallest absolute Gasteiger partial charge is 0.255 e. The summed E-state index contributed by atoms with van der Waals surface area (Å²) in [7, 11) is 0. The molecule has 0 radical (unpaired) electrons. The number of para-hydroxylation sites is 1. The summed E-state index contributed by atoms with van der Waals surface area (Å²) in [5.74, 6) is -0.258. The maximum Gasteiger partial charge on any atom is 0.255 e. The summed E-state index contributed by atoms with van der Waals surface area (Å²) in [5.41, 5.74) is 1.57. The molecule has 5 heteroatoms. The number of halogens is 1. The summed E-state index contributed by atoms with van der Waals surface area (Å²) >= 11 is 1.99. The van der Waals surface area contributed by atoms with E-state index in [-0.39, 0.29) is 11.7 Å². The minimum atomic E-state index is -0.670. The lowest BCUT2D eigenvalue weighted by Gasteiger charge is -2.13. The highest BCUT2D eigenvalue weighted by Crippen LogP contribution is 2.24. The third-order valence-corrected chi connectivity index (χ3v) is 3.78. The largest absolute Gasteiger partial charge is 0.507 e. The Morgan fingerprint density at radius 2 is 1.95 bits per heavy atom. The lowest BCUT2D eigenvalue weighted by Crippen LogP contribution is -2.14. The van der Waals surface area contributed by atoms with Crippen molar-refractivity contribution in [2.75, 3.05) is 5.32 Å². The Balaban J connectivity index is 2.26. The van der Waals surface area contributed by atoms with Crippen LogP contribution in [0.25, 0.3) is 0 Å². The number of aliphatic hydroxyl groups excluding tert-OH is 1. The number of phenols is 1. The van der Waals surface area contributed by atoms with Crippen molar-refractivity contribution in [1.82, 2.24) is 0 Å². The van der Waals surface area contributed by atoms with Gasteiger partial charge in [0.25, 0.3) is 5.91 Å². The van der Waals surface area contributed by atoms with Crippen LogP contribution in [0.4, 0.5) is 5.69 Å². The van der Waals surface area contributed by atoms with Gasteiger partial charge in [0.1, 0.15) is 5.75 Å². The number of hydrogen-bond acceptors (Lipinski definition) is 3. The van der Waals surface area contributed by atoms with E-state index >= 15 is 0 Å². The number of benzene rings is 2. The summed E-state index contributed by atoms with van der Waals surface area (Å²) in [4.78, 5) is 12.1. The zero-order valence-corrected chi connectivity index (χ0v) is 13.0. The molecule has 0 fully saturated rings. The third-order valence-electron chi connectivity index (χ3n) is 2.87. The molecule has 0 aliphatic carbocycles. The molecule has 0 saturated heterocycles. The number of nitrogens with one attached hydrogen (secondary N) is 1. The number of hydrogen-bond donors (Lipinski definition) is 3. The van der Waals surface area contributed by atoms with Crippen LogP contribution in [0.1, 0.15) is 28.9 Å². The fourth-order valence-electron chi connectivity index (χ4n) is 1.82. The lowest BCUT2D eigenvalue weighted by atomic mass is 10.1. The van der Waals surface area contributed by atoms with Crippen molar-refractivity contribution in [3.05, 3.63) is 57.2 Å². The maximum atomic E-state index is 12.1. The number of amides is 1. The standard InChI is InChI=1S/C15H14INO3/c1-9(18)11-4-2-3-5-13(11)17-15(20)10-6-7-12(16)14(19)8-10/h2-9,18-19H,1H3,(H,17,20). The number of anilines is 1. The molecule has 2 aromatic carbocycles. The number of rotatable bonds is 3. The van der Waals surface area contributed by atoms with Crippen molar-refractivity contribution in [1.29, 1.82) is 0 Å². The van der Waals surface area contributed by atoms with Crippen LogP contribution in [0, 0.1) is 3.57 Å². The first-order valence-electron chi connectivity index (χ1n) is 6.06. The van der Waals surface area contributed by atoms with Gasteiger partial charge in [0.15, 0.2) is 0 Å². The van der Waals surface area contributed by atoms with E-state index in [4.69, 9.17) is 0 Å². The Labute approximate surface area is 130 Å². The second kappa shape index (κ2) is 6.23. The van der Waals surface area contributed by atoms with E-state index in [1.807, 2.05) is 22.6 Å². The molecule has 0 aromatic heterocycles. The van der Waals surface area contributed by atoms with Crippen molar-refractivity contribution in [3.63, 3.8) is 0 Å². The van der Waals surface area contributed by atoms with E-state index in [1.165, 1.54) is 6.07 Å². The zero-order chi connectivity index (χ0) is 14.7. The number of carbonyl (C=O) groups is 1. The summed E-state index contributed by atoms with van der Waals surface area (Å²) in [5, 5.41) is 22.0. The first kappa shape index (κ1) is 14.8. The van der Waals surface area contributed by atoms with Crippen LogP contribution < -0.4 is 5.32 Å². The van der Waals surface area contributed by atoms with E-state index < -0.39 is 6.10 Å². The Bertz CT molecular complexity index is 641. The van der Waals surface area contributed by atoms with Gasteiger partial charge in [-0.25, -0.2) is 0 Å². The SMILES string of the molecule is CC(O)c1ccccc1NC(=O)c1ccc(I)c(O)c1. The van der Waals surface area contributed by atoms with Gasteiger partial charge < -0.3 is 15.5 Å². The second-order valence-electron chi connectivity index (χ2n) is 4.38. The van der Waals surface area contributed by atoms with Gasteiger partial charge in [-0.15, -0.1) is 0 Å². The Morgan fingerprint density at radius 3 is 2.60 bits per heavy atom. The fraction of sp³-hybridized carbons (Fsp3) is 0.133. The van der Waals surface area contributed by atoms with Gasteiger partial charge in [0.2, 0.25) is 0 Å². The fourth-order valence-corrected chi connectivity index (χ4v) is 2.16. The van der Waals surface area contributed by atoms with Crippen LogP contribution in [0.5, 0.6) is 5.75 Å². The van der Waals surface area contributed by atoms with Crippen molar-refractivity contribution in [2.24, 2.45) is 0 Å². The van der Waals surface area contributed by atoms with Crippen molar-refractivity contribution < 1.29 is 15.0 Å². The summed E-state index contributed by atoms with van der Waals surface area (Å²) in [6, 6.07) is 11.8. The molecule has 2 rings (SSSR count). The molecule has 0 heterocycles. The molecule has 0 aliphatic heterocycles. The lowest BCUT2D eigenvalue weighted by molar-refractivity contribution is 0.102. The number of aliphatic hydroxyl groups is 1. The summed E-state index contributed by atoms with van der Waals surface area (Å²) < 4.78 is 0.684. The molecule has 20 heavy (non-hydrogen) atoms. The minimum absolute atomic E-state index is 0.0714. The van der Waals surface area contributed by atoms with Crippen LogP contribution in [0.2, 0.25) is 0 Å². The highest BCUT2D eigenvalue weighted by atomic mass is 127. The average molecular weight is 383 g/mol. The van der Waals surface area contributed by atoms with Crippen LogP contribution in [-0.2, 0) is 0 Å². The maximum absolute atomic E-state index is 12.1. The van der Waals surface area contributed by atoms with Gasteiger partial charge in [-0.3, -0.25) is 4.79 Å². The van der Waals surface area contributed by atoms with Crippen LogP contribution >= 0.6 is 22.6 Å². The number of phenolic OH excluding ortho intramolecular Hbond substituents is 1. The monoisotopic (exact) mass is 383 g/mol. The van der Waals surface area contributed by atoms with E-state index in [9.17, 15) is 15.0 Å². The van der Waals surface area contributed by atoms with Gasteiger partial charge in [-0.2, -0.15) is 0 Å². The van der Waals surface area contributed by atoms with Crippen LogP contribution in [0.3, 0.4) is 0 Å². The Kier molecular flexibility index (Phi) is 4.61. The summed E-state index contributed by atoms with van der Waals surface area (Å²) in [6.45, 7) is 1.64. The van der Waals surface area contributed by atoms with Crippen molar-refractivity contribution >= 4 is 34.2 Å². The first-order valence-corrected chi connectivity index (χ1v) is 7.14. The molecule has 0 spiro atoms. The Morgan fingerprint density at radius 1 is 1.25 bits per heavy atom. The predicted octanol–water partition coefficient (Wildman–Crippen LogP) is 3.30. The van der Waals surface area contributed by atoms with Crippen LogP contribution in [0.15, 0.2) is 42.5 Å². The van der Waals surface area contributed by atoms with E-state index in [0.29, 0.717) is 20.4 Å². The highest BCUT2D eigenvalue weighted by Gasteiger charge is 2.12. The molecule has 3 N–H and O–H groups in total. The minimum Gasteiger partial charge on any atom is -0.507 e. The van der Waals surface area contributed by atoms with Gasteiger partial charge in [-0.1, -0.05) is 18.2 Å². The Hall–Kier alpha value is -1.60. The molecular weight excluding hydrogens is 369 g/mol. The zero-order valence-electron chi connectivity index (χ0n) is 10.8. The van der Waals surface area contributed by atoms with Crippen molar-refractivity contribution in [3.8, 4) is 5.75 Å². The molecule has 1 amide bonds. The summed E-state index contributed by atoms with van der Waals surface area (Å²) in [6.07, 6.45) is -0.670. The molecule has 2 aromatic rings. The normalized spacial score (nSPS) is 11.9. The van der Waals surface area contributed by atoms with Gasteiger partial charge in [0, 0.05) is 16.8 Å². The third kappa shape index (κ3) is 3.29. The molecule has 1 atom stereocenters. The molecular formula is C15H14INO3. The quantitative estimate of drug-likeness (QED) is 0.713. The second-order valence-corrected chi connectivity index (χ2v) is 5.55. The molecule has 0 saturated carbocycles. The van der Waals surface area contributed by atoms with E-state index in [0.717, 1.165) is 0 Å². The number of aromatic hydroxyl groups is 1.